The van der Waals surface area contributed by atoms with Crippen molar-refractivity contribution in [2.24, 2.45) is 0 Å². The molecule has 0 aliphatic heterocycles. The van der Waals surface area contributed by atoms with E-state index in [1.807, 2.05) is 0 Å². The predicted molar refractivity (Wildman–Crippen MR) is 96.4 cm³/mol. The van der Waals surface area contributed by atoms with Gasteiger partial charge in [-0.3, -0.25) is 9.59 Å². The second kappa shape index (κ2) is 8.14. The first kappa shape index (κ1) is 19.0. The lowest BCUT2D eigenvalue weighted by Crippen LogP contribution is -2.30. The number of benzene rings is 2. The van der Waals surface area contributed by atoms with Gasteiger partial charge in [-0.2, -0.15) is 0 Å². The van der Waals surface area contributed by atoms with Gasteiger partial charge in [-0.25, -0.2) is 4.79 Å². The second-order valence-electron chi connectivity index (χ2n) is 5.27. The highest BCUT2D eigenvalue weighted by Gasteiger charge is 2.21. The maximum atomic E-state index is 12.1. The van der Waals surface area contributed by atoms with Crippen LogP contribution in [0.25, 0.3) is 0 Å². The molecular weight excluding hydrogens is 365 g/mol. The summed E-state index contributed by atoms with van der Waals surface area (Å²) in [5, 5.41) is 2.90. The summed E-state index contributed by atoms with van der Waals surface area (Å²) in [6.07, 6.45) is -1.05. The number of Topliss-reactive ketones (excluding diaryl/α,β-unsaturated/α-hetero) is 1. The van der Waals surface area contributed by atoms with Gasteiger partial charge in [0.1, 0.15) is 0 Å². The molecule has 0 radical (unpaired) electrons. The van der Waals surface area contributed by atoms with Gasteiger partial charge in [0, 0.05) is 11.3 Å². The first-order valence-corrected chi connectivity index (χ1v) is 8.12. The lowest BCUT2D eigenvalue weighted by Gasteiger charge is -2.14. The number of esters is 1. The maximum Gasteiger partial charge on any atom is 0.340 e. The Hall–Kier alpha value is -2.37. The van der Waals surface area contributed by atoms with Crippen LogP contribution in [0.2, 0.25) is 10.0 Å². The zero-order valence-corrected chi connectivity index (χ0v) is 15.0. The van der Waals surface area contributed by atoms with Gasteiger partial charge in [0.15, 0.2) is 11.9 Å². The molecule has 2 rings (SSSR count). The Balaban J connectivity index is 2.01. The number of ketones is 1. The molecule has 130 valence electrons. The molecule has 1 atom stereocenters. The minimum atomic E-state index is -1.05. The molecule has 1 N–H and O–H groups in total. The number of ether oxygens (including phenoxy) is 1. The molecule has 0 fully saturated rings. The Morgan fingerprint density at radius 2 is 1.68 bits per heavy atom. The van der Waals surface area contributed by atoms with E-state index in [0.717, 1.165) is 0 Å². The molecule has 25 heavy (non-hydrogen) atoms. The summed E-state index contributed by atoms with van der Waals surface area (Å²) < 4.78 is 5.12. The highest BCUT2D eigenvalue weighted by Crippen LogP contribution is 2.26. The predicted octanol–water partition coefficient (Wildman–Crippen LogP) is 4.38. The standard InChI is InChI=1S/C18H15Cl2NO4/c1-10(22)12-6-8-13(9-7-12)21-17(23)11(2)25-18(24)14-4-3-5-15(19)16(14)20/h3-9,11H,1-2H3,(H,21,23)/t11-/m1/s1. The number of hydrogen-bond acceptors (Lipinski definition) is 4. The van der Waals surface area contributed by atoms with Crippen LogP contribution < -0.4 is 5.32 Å². The summed E-state index contributed by atoms with van der Waals surface area (Å²) in [6.45, 7) is 2.89. The summed E-state index contributed by atoms with van der Waals surface area (Å²) in [4.78, 5) is 35.5. The fourth-order valence-corrected chi connectivity index (χ4v) is 2.35. The third-order valence-corrected chi connectivity index (χ3v) is 4.20. The first-order valence-electron chi connectivity index (χ1n) is 7.36. The quantitative estimate of drug-likeness (QED) is 0.617. The van der Waals surface area contributed by atoms with Crippen molar-refractivity contribution in [3.63, 3.8) is 0 Å². The van der Waals surface area contributed by atoms with E-state index < -0.39 is 18.0 Å². The largest absolute Gasteiger partial charge is 0.449 e. The van der Waals surface area contributed by atoms with Gasteiger partial charge >= 0.3 is 5.97 Å². The van der Waals surface area contributed by atoms with Crippen molar-refractivity contribution in [3.8, 4) is 0 Å². The van der Waals surface area contributed by atoms with Gasteiger partial charge < -0.3 is 10.1 Å². The summed E-state index contributed by atoms with van der Waals surface area (Å²) in [6, 6.07) is 10.9. The third kappa shape index (κ3) is 4.81. The van der Waals surface area contributed by atoms with E-state index in [-0.39, 0.29) is 21.4 Å². The zero-order valence-electron chi connectivity index (χ0n) is 13.5. The molecule has 0 saturated carbocycles. The molecule has 0 bridgehead atoms. The van der Waals surface area contributed by atoms with Crippen LogP contribution in [-0.4, -0.2) is 23.8 Å². The number of anilines is 1. The SMILES string of the molecule is CC(=O)c1ccc(NC(=O)[C@@H](C)OC(=O)c2cccc(Cl)c2Cl)cc1. The number of halogens is 2. The van der Waals surface area contributed by atoms with E-state index in [0.29, 0.717) is 11.3 Å². The smallest absolute Gasteiger partial charge is 0.340 e. The molecule has 2 aromatic carbocycles. The van der Waals surface area contributed by atoms with Crippen molar-refractivity contribution in [1.29, 1.82) is 0 Å². The molecule has 2 aromatic rings. The van der Waals surface area contributed by atoms with E-state index in [1.54, 1.807) is 36.4 Å². The summed E-state index contributed by atoms with van der Waals surface area (Å²) >= 11 is 11.8. The molecule has 0 aliphatic rings. The van der Waals surface area contributed by atoms with Crippen molar-refractivity contribution in [2.45, 2.75) is 20.0 Å². The normalized spacial score (nSPS) is 11.5. The second-order valence-corrected chi connectivity index (χ2v) is 6.06. The Kier molecular flexibility index (Phi) is 6.17. The number of nitrogens with one attached hydrogen (secondary N) is 1. The van der Waals surface area contributed by atoms with E-state index in [2.05, 4.69) is 5.32 Å². The lowest BCUT2D eigenvalue weighted by atomic mass is 10.1. The van der Waals surface area contributed by atoms with Gasteiger partial charge in [0.25, 0.3) is 5.91 Å². The minimum absolute atomic E-state index is 0.0708. The zero-order chi connectivity index (χ0) is 18.6. The van der Waals surface area contributed by atoms with Crippen LogP contribution in [0.1, 0.15) is 34.6 Å². The highest BCUT2D eigenvalue weighted by molar-refractivity contribution is 6.43. The molecule has 0 spiro atoms. The number of rotatable bonds is 5. The summed E-state index contributed by atoms with van der Waals surface area (Å²) in [7, 11) is 0. The van der Waals surface area contributed by atoms with E-state index in [9.17, 15) is 14.4 Å². The monoisotopic (exact) mass is 379 g/mol. The molecule has 7 heteroatoms. The van der Waals surface area contributed by atoms with Crippen molar-refractivity contribution in [3.05, 3.63) is 63.6 Å². The van der Waals surface area contributed by atoms with Gasteiger partial charge in [0.05, 0.1) is 15.6 Å². The fourth-order valence-electron chi connectivity index (χ4n) is 1.97. The molecule has 1 amide bonds. The van der Waals surface area contributed by atoms with Crippen molar-refractivity contribution < 1.29 is 19.1 Å². The average molecular weight is 380 g/mol. The van der Waals surface area contributed by atoms with Crippen LogP contribution in [0.5, 0.6) is 0 Å². The van der Waals surface area contributed by atoms with Crippen LogP contribution in [0.3, 0.4) is 0 Å². The molecule has 0 saturated heterocycles. The number of carbonyl (C=O) groups excluding carboxylic acids is 3. The average Bonchev–Trinajstić information content (AvgIpc) is 2.57. The Morgan fingerprint density at radius 3 is 2.28 bits per heavy atom. The Bertz CT molecular complexity index is 818. The molecule has 0 aliphatic carbocycles. The minimum Gasteiger partial charge on any atom is -0.449 e. The number of hydrogen-bond donors (Lipinski definition) is 1. The lowest BCUT2D eigenvalue weighted by molar-refractivity contribution is -0.123. The Labute approximate surface area is 154 Å². The maximum absolute atomic E-state index is 12.1. The van der Waals surface area contributed by atoms with Crippen molar-refractivity contribution in [1.82, 2.24) is 0 Å². The molecule has 0 unspecified atom stereocenters. The van der Waals surface area contributed by atoms with Crippen molar-refractivity contribution >= 4 is 46.5 Å². The number of carbonyl (C=O) groups is 3. The summed E-state index contributed by atoms with van der Waals surface area (Å²) in [5.74, 6) is -1.33. The van der Waals surface area contributed by atoms with Crippen LogP contribution >= 0.6 is 23.2 Å². The number of amides is 1. The molecule has 0 heterocycles. The van der Waals surface area contributed by atoms with E-state index in [1.165, 1.54) is 19.9 Å². The molecular formula is C18H15Cl2NO4. The molecule has 5 nitrogen and oxygen atoms in total. The van der Waals surface area contributed by atoms with Crippen LogP contribution in [0.4, 0.5) is 5.69 Å². The van der Waals surface area contributed by atoms with Gasteiger partial charge in [-0.15, -0.1) is 0 Å². The van der Waals surface area contributed by atoms with Crippen LogP contribution in [-0.2, 0) is 9.53 Å². The fraction of sp³-hybridized carbons (Fsp3) is 0.167. The van der Waals surface area contributed by atoms with Crippen LogP contribution in [0.15, 0.2) is 42.5 Å². The highest BCUT2D eigenvalue weighted by atomic mass is 35.5. The van der Waals surface area contributed by atoms with E-state index >= 15 is 0 Å². The van der Waals surface area contributed by atoms with Gasteiger partial charge in [-0.1, -0.05) is 29.3 Å². The first-order chi connectivity index (χ1) is 11.8. The third-order valence-electron chi connectivity index (χ3n) is 3.38. The van der Waals surface area contributed by atoms with E-state index in [4.69, 9.17) is 27.9 Å². The summed E-state index contributed by atoms with van der Waals surface area (Å²) in [5.41, 5.74) is 1.10. The topological polar surface area (TPSA) is 72.5 Å². The molecule has 0 aromatic heterocycles. The van der Waals surface area contributed by atoms with Gasteiger partial charge in [0.2, 0.25) is 0 Å². The Morgan fingerprint density at radius 1 is 1.04 bits per heavy atom. The van der Waals surface area contributed by atoms with Gasteiger partial charge in [-0.05, 0) is 50.2 Å². The van der Waals surface area contributed by atoms with Crippen molar-refractivity contribution in [2.75, 3.05) is 5.32 Å². The van der Waals surface area contributed by atoms with Crippen LogP contribution in [0, 0.1) is 0 Å².